The Balaban J connectivity index is 1.31. The maximum Gasteiger partial charge on any atom is 0.0656 e. The van der Waals surface area contributed by atoms with E-state index in [1.165, 1.54) is 56.1 Å². The van der Waals surface area contributed by atoms with Crippen molar-refractivity contribution in [2.75, 3.05) is 0 Å². The molecular weight excluding hydrogens is 392 g/mol. The minimum absolute atomic E-state index is 0.0574. The summed E-state index contributed by atoms with van der Waals surface area (Å²) in [4.78, 5) is 0. The predicted octanol–water partition coefficient (Wildman–Crippen LogP) is 6.70. The summed E-state index contributed by atoms with van der Waals surface area (Å²) >= 11 is 0. The van der Waals surface area contributed by atoms with E-state index in [2.05, 4.69) is 52.0 Å². The van der Waals surface area contributed by atoms with Crippen LogP contribution < -0.4 is 0 Å². The molecule has 0 saturated heterocycles. The van der Waals surface area contributed by atoms with Crippen LogP contribution in [-0.4, -0.2) is 21.9 Å². The second-order valence-corrected chi connectivity index (χ2v) is 13.1. The zero-order valence-electron chi connectivity index (χ0n) is 20.9. The average Bonchev–Trinajstić information content (AvgIpc) is 3.12. The van der Waals surface area contributed by atoms with E-state index in [1.54, 1.807) is 0 Å². The van der Waals surface area contributed by atoms with E-state index in [0.717, 1.165) is 49.4 Å². The van der Waals surface area contributed by atoms with Gasteiger partial charge < -0.3 is 10.2 Å². The number of aryl methyl sites for hydroxylation is 2. The van der Waals surface area contributed by atoms with Crippen molar-refractivity contribution in [2.45, 2.75) is 110 Å². The van der Waals surface area contributed by atoms with Crippen LogP contribution in [0.4, 0.5) is 0 Å². The molecular formula is C30H46O2. The number of benzene rings is 1. The van der Waals surface area contributed by atoms with Crippen LogP contribution in [0.15, 0.2) is 24.3 Å². The molecule has 0 heterocycles. The van der Waals surface area contributed by atoms with Gasteiger partial charge in [0.2, 0.25) is 0 Å². The third kappa shape index (κ3) is 3.68. The molecule has 9 atom stereocenters. The van der Waals surface area contributed by atoms with Gasteiger partial charge in [-0.25, -0.2) is 0 Å². The number of fused-ring (bicyclic) bond motifs is 5. The summed E-state index contributed by atoms with van der Waals surface area (Å²) in [6.07, 6.45) is 12.9. The van der Waals surface area contributed by atoms with Crippen LogP contribution in [0.2, 0.25) is 0 Å². The molecule has 2 nitrogen and oxygen atoms in total. The molecule has 178 valence electrons. The highest BCUT2D eigenvalue weighted by molar-refractivity contribution is 5.22. The molecule has 0 radical (unpaired) electrons. The van der Waals surface area contributed by atoms with E-state index in [9.17, 15) is 10.2 Å². The van der Waals surface area contributed by atoms with E-state index in [1.807, 2.05) is 0 Å². The summed E-state index contributed by atoms with van der Waals surface area (Å²) in [5, 5.41) is 22.1. The van der Waals surface area contributed by atoms with Crippen molar-refractivity contribution >= 4 is 0 Å². The molecule has 0 aliphatic heterocycles. The normalized spacial score (nSPS) is 45.4. The van der Waals surface area contributed by atoms with E-state index in [0.29, 0.717) is 11.3 Å². The topological polar surface area (TPSA) is 40.5 Å². The van der Waals surface area contributed by atoms with Gasteiger partial charge in [-0.15, -0.1) is 0 Å². The van der Waals surface area contributed by atoms with Gasteiger partial charge in [0, 0.05) is 0 Å². The molecule has 1 aromatic carbocycles. The quantitative estimate of drug-likeness (QED) is 0.549. The Kier molecular flexibility index (Phi) is 5.81. The van der Waals surface area contributed by atoms with Gasteiger partial charge in [-0.3, -0.25) is 0 Å². The Bertz CT molecular complexity index is 813. The van der Waals surface area contributed by atoms with Gasteiger partial charge in [0.25, 0.3) is 0 Å². The monoisotopic (exact) mass is 438 g/mol. The third-order valence-corrected chi connectivity index (χ3v) is 11.4. The minimum atomic E-state index is -0.586. The zero-order valence-corrected chi connectivity index (χ0v) is 20.9. The Morgan fingerprint density at radius 1 is 0.906 bits per heavy atom. The lowest BCUT2D eigenvalue weighted by Gasteiger charge is -2.61. The highest BCUT2D eigenvalue weighted by atomic mass is 16.3. The molecule has 4 aliphatic rings. The Morgan fingerprint density at radius 2 is 1.59 bits per heavy atom. The van der Waals surface area contributed by atoms with Crippen molar-refractivity contribution in [3.8, 4) is 0 Å². The first-order valence-electron chi connectivity index (χ1n) is 13.6. The van der Waals surface area contributed by atoms with Gasteiger partial charge in [0.15, 0.2) is 0 Å². The van der Waals surface area contributed by atoms with E-state index >= 15 is 0 Å². The van der Waals surface area contributed by atoms with Crippen molar-refractivity contribution in [2.24, 2.45) is 40.4 Å². The number of aliphatic hydroxyl groups is 2. The molecule has 4 saturated carbocycles. The number of aliphatic hydroxyl groups excluding tert-OH is 1. The SMILES string of the molecule is Cc1ccc(CC[C@@](C)(O)[C@H]2CC[C@H]3[C@@H]4CCC5C[C@@H](O)CC[C@]5(C)[C@H]4CC[C@@]32C)cc1. The number of rotatable bonds is 4. The van der Waals surface area contributed by atoms with Gasteiger partial charge in [0.05, 0.1) is 11.7 Å². The van der Waals surface area contributed by atoms with Crippen molar-refractivity contribution in [1.29, 1.82) is 0 Å². The summed E-state index contributed by atoms with van der Waals surface area (Å²) in [6, 6.07) is 8.85. The summed E-state index contributed by atoms with van der Waals surface area (Å²) in [5.41, 5.74) is 2.80. The molecule has 1 unspecified atom stereocenters. The van der Waals surface area contributed by atoms with Crippen LogP contribution in [0.25, 0.3) is 0 Å². The molecule has 4 fully saturated rings. The summed E-state index contributed by atoms with van der Waals surface area (Å²) < 4.78 is 0. The Labute approximate surface area is 196 Å². The second-order valence-electron chi connectivity index (χ2n) is 13.1. The minimum Gasteiger partial charge on any atom is -0.393 e. The number of hydrogen-bond acceptors (Lipinski definition) is 2. The molecule has 2 heteroatoms. The fourth-order valence-electron chi connectivity index (χ4n) is 9.58. The van der Waals surface area contributed by atoms with Gasteiger partial charge >= 0.3 is 0 Å². The third-order valence-electron chi connectivity index (χ3n) is 11.4. The van der Waals surface area contributed by atoms with Crippen LogP contribution in [0, 0.1) is 47.3 Å². The molecule has 5 rings (SSSR count). The van der Waals surface area contributed by atoms with Crippen LogP contribution in [-0.2, 0) is 6.42 Å². The maximum absolute atomic E-state index is 11.8. The maximum atomic E-state index is 11.8. The Morgan fingerprint density at radius 3 is 2.34 bits per heavy atom. The van der Waals surface area contributed by atoms with Crippen LogP contribution in [0.5, 0.6) is 0 Å². The summed E-state index contributed by atoms with van der Waals surface area (Å²) in [7, 11) is 0. The first-order chi connectivity index (χ1) is 15.1. The van der Waals surface area contributed by atoms with E-state index < -0.39 is 5.60 Å². The van der Waals surface area contributed by atoms with Crippen molar-refractivity contribution in [3.63, 3.8) is 0 Å². The molecule has 0 spiro atoms. The van der Waals surface area contributed by atoms with E-state index in [-0.39, 0.29) is 11.5 Å². The lowest BCUT2D eigenvalue weighted by Crippen LogP contribution is -2.55. The van der Waals surface area contributed by atoms with Crippen LogP contribution in [0.1, 0.15) is 96.1 Å². The van der Waals surface area contributed by atoms with Crippen molar-refractivity contribution < 1.29 is 10.2 Å². The zero-order chi connectivity index (χ0) is 22.7. The molecule has 0 aromatic heterocycles. The molecule has 0 bridgehead atoms. The molecule has 32 heavy (non-hydrogen) atoms. The first kappa shape index (κ1) is 22.9. The van der Waals surface area contributed by atoms with Gasteiger partial charge in [-0.05, 0) is 130 Å². The highest BCUT2D eigenvalue weighted by Gasteiger charge is 2.62. The van der Waals surface area contributed by atoms with Crippen LogP contribution in [0.3, 0.4) is 0 Å². The molecule has 1 aromatic rings. The summed E-state index contributed by atoms with van der Waals surface area (Å²) in [6.45, 7) is 9.41. The summed E-state index contributed by atoms with van der Waals surface area (Å²) in [5.74, 6) is 3.60. The fraction of sp³-hybridized carbons (Fsp3) is 0.800. The molecule has 4 aliphatic carbocycles. The second kappa shape index (κ2) is 8.12. The largest absolute Gasteiger partial charge is 0.393 e. The fourth-order valence-corrected chi connectivity index (χ4v) is 9.58. The lowest BCUT2D eigenvalue weighted by molar-refractivity contribution is -0.144. The average molecular weight is 439 g/mol. The van der Waals surface area contributed by atoms with Gasteiger partial charge in [0.1, 0.15) is 0 Å². The van der Waals surface area contributed by atoms with Crippen LogP contribution >= 0.6 is 0 Å². The number of hydrogen-bond donors (Lipinski definition) is 2. The van der Waals surface area contributed by atoms with Crippen molar-refractivity contribution in [3.05, 3.63) is 35.4 Å². The molecule has 0 amide bonds. The lowest BCUT2D eigenvalue weighted by atomic mass is 9.44. The first-order valence-corrected chi connectivity index (χ1v) is 13.6. The highest BCUT2D eigenvalue weighted by Crippen LogP contribution is 2.68. The standard InChI is InChI=1S/C30H46O2/c1-20-5-7-21(8-6-20)13-18-30(4,32)27-12-11-25-24-10-9-22-19-23(31)14-16-28(22,2)26(24)15-17-29(25,27)3/h5-8,22-27,31-32H,9-19H2,1-4H3/t22?,23-,24-,25-,26-,27-,28-,29-,30+/m0/s1. The predicted molar refractivity (Wildman–Crippen MR) is 131 cm³/mol. The van der Waals surface area contributed by atoms with Crippen molar-refractivity contribution in [1.82, 2.24) is 0 Å². The van der Waals surface area contributed by atoms with Gasteiger partial charge in [-0.2, -0.15) is 0 Å². The Hall–Kier alpha value is -0.860. The van der Waals surface area contributed by atoms with Gasteiger partial charge in [-0.1, -0.05) is 43.7 Å². The molecule has 2 N–H and O–H groups in total. The smallest absolute Gasteiger partial charge is 0.0656 e. The van der Waals surface area contributed by atoms with E-state index in [4.69, 9.17) is 0 Å².